The van der Waals surface area contributed by atoms with Crippen LogP contribution < -0.4 is 10.6 Å². The van der Waals surface area contributed by atoms with Crippen molar-refractivity contribution in [1.29, 1.82) is 0 Å². The lowest BCUT2D eigenvalue weighted by molar-refractivity contribution is -0.119. The average Bonchev–Trinajstić information content (AvgIpc) is 2.56. The van der Waals surface area contributed by atoms with Crippen LogP contribution in [0.4, 0.5) is 20.2 Å². The smallest absolute Gasteiger partial charge is 0.238 e. The van der Waals surface area contributed by atoms with Gasteiger partial charge in [0, 0.05) is 22.5 Å². The molecule has 8 heteroatoms. The van der Waals surface area contributed by atoms with Crippen molar-refractivity contribution in [3.63, 3.8) is 0 Å². The number of likely N-dealkylation sites (N-methyl/N-ethyl adjacent to an activating group) is 1. The Bertz CT molecular complexity index is 825. The zero-order chi connectivity index (χ0) is 20.0. The number of carbonyl (C=O) groups is 2. The van der Waals surface area contributed by atoms with Gasteiger partial charge in [0.25, 0.3) is 0 Å². The second-order valence-electron chi connectivity index (χ2n) is 6.02. The monoisotopic (exact) mass is 395 g/mol. The van der Waals surface area contributed by atoms with E-state index in [1.807, 2.05) is 6.92 Å². The number of nitrogens with one attached hydrogen (secondary N) is 2. The summed E-state index contributed by atoms with van der Waals surface area (Å²) in [6.45, 7) is 3.96. The summed E-state index contributed by atoms with van der Waals surface area (Å²) in [5, 5.41) is 5.68. The molecular formula is C19H20ClF2N3O2. The van der Waals surface area contributed by atoms with Gasteiger partial charge in [-0.05, 0) is 43.3 Å². The molecule has 2 aromatic carbocycles. The van der Waals surface area contributed by atoms with Crippen LogP contribution in [-0.2, 0) is 9.59 Å². The molecule has 0 spiro atoms. The van der Waals surface area contributed by atoms with Gasteiger partial charge in [0.2, 0.25) is 11.8 Å². The molecule has 2 rings (SSSR count). The zero-order valence-corrected chi connectivity index (χ0v) is 15.7. The molecule has 0 fully saturated rings. The second-order valence-corrected chi connectivity index (χ2v) is 6.45. The van der Waals surface area contributed by atoms with Crippen molar-refractivity contribution in [1.82, 2.24) is 4.90 Å². The molecule has 0 atom stereocenters. The summed E-state index contributed by atoms with van der Waals surface area (Å²) in [6, 6.07) is 7.93. The largest absolute Gasteiger partial charge is 0.325 e. The fourth-order valence-electron chi connectivity index (χ4n) is 2.43. The fraction of sp³-hybridized carbons (Fsp3) is 0.263. The van der Waals surface area contributed by atoms with Gasteiger partial charge in [-0.15, -0.1) is 0 Å². The number of halogens is 3. The van der Waals surface area contributed by atoms with Gasteiger partial charge in [0.1, 0.15) is 11.6 Å². The maximum Gasteiger partial charge on any atom is 0.238 e. The Morgan fingerprint density at radius 1 is 1.00 bits per heavy atom. The van der Waals surface area contributed by atoms with Crippen LogP contribution in [0.2, 0.25) is 5.02 Å². The summed E-state index contributed by atoms with van der Waals surface area (Å²) in [5.74, 6) is -2.34. The van der Waals surface area contributed by atoms with E-state index in [1.165, 1.54) is 0 Å². The highest BCUT2D eigenvalue weighted by molar-refractivity contribution is 6.31. The number of aryl methyl sites for hydroxylation is 1. The topological polar surface area (TPSA) is 61.4 Å². The van der Waals surface area contributed by atoms with Gasteiger partial charge in [-0.25, -0.2) is 8.78 Å². The van der Waals surface area contributed by atoms with Gasteiger partial charge >= 0.3 is 0 Å². The average molecular weight is 396 g/mol. The van der Waals surface area contributed by atoms with Crippen molar-refractivity contribution in [3.8, 4) is 0 Å². The molecule has 0 aromatic heterocycles. The first kappa shape index (κ1) is 20.8. The van der Waals surface area contributed by atoms with Crippen LogP contribution in [0.25, 0.3) is 0 Å². The van der Waals surface area contributed by atoms with Crippen molar-refractivity contribution in [2.45, 2.75) is 13.8 Å². The van der Waals surface area contributed by atoms with Gasteiger partial charge < -0.3 is 10.6 Å². The molecule has 0 heterocycles. The molecular weight excluding hydrogens is 376 g/mol. The van der Waals surface area contributed by atoms with E-state index in [0.29, 0.717) is 17.3 Å². The molecule has 5 nitrogen and oxygen atoms in total. The predicted octanol–water partition coefficient (Wildman–Crippen LogP) is 3.83. The summed E-state index contributed by atoms with van der Waals surface area (Å²) in [6.07, 6.45) is 0. The van der Waals surface area contributed by atoms with Gasteiger partial charge in [-0.2, -0.15) is 0 Å². The Labute approximate surface area is 161 Å². The van der Waals surface area contributed by atoms with Crippen molar-refractivity contribution in [2.75, 3.05) is 30.3 Å². The lowest BCUT2D eigenvalue weighted by Crippen LogP contribution is -2.38. The van der Waals surface area contributed by atoms with Crippen LogP contribution in [0.1, 0.15) is 12.5 Å². The lowest BCUT2D eigenvalue weighted by atomic mass is 10.2. The zero-order valence-electron chi connectivity index (χ0n) is 15.0. The minimum absolute atomic E-state index is 0.0205. The maximum absolute atomic E-state index is 13.2. The van der Waals surface area contributed by atoms with Crippen molar-refractivity contribution >= 4 is 34.8 Å². The van der Waals surface area contributed by atoms with Crippen LogP contribution in [0.3, 0.4) is 0 Å². The Morgan fingerprint density at radius 2 is 1.59 bits per heavy atom. The van der Waals surface area contributed by atoms with Crippen molar-refractivity contribution < 1.29 is 18.4 Å². The van der Waals surface area contributed by atoms with E-state index in [4.69, 9.17) is 11.6 Å². The van der Waals surface area contributed by atoms with Crippen LogP contribution in [-0.4, -0.2) is 36.3 Å². The van der Waals surface area contributed by atoms with Gasteiger partial charge in [0.05, 0.1) is 13.1 Å². The van der Waals surface area contributed by atoms with E-state index >= 15 is 0 Å². The molecule has 2 aromatic rings. The normalized spacial score (nSPS) is 10.7. The molecule has 0 saturated carbocycles. The number of benzene rings is 2. The van der Waals surface area contributed by atoms with Crippen molar-refractivity contribution in [2.24, 2.45) is 0 Å². The van der Waals surface area contributed by atoms with E-state index in [9.17, 15) is 18.4 Å². The highest BCUT2D eigenvalue weighted by atomic mass is 35.5. The first-order chi connectivity index (χ1) is 12.8. The third-order valence-corrected chi connectivity index (χ3v) is 4.04. The molecule has 2 N–H and O–H groups in total. The number of anilines is 2. The second kappa shape index (κ2) is 9.43. The maximum atomic E-state index is 13.2. The summed E-state index contributed by atoms with van der Waals surface area (Å²) in [5.41, 5.74) is 1.48. The number of carbonyl (C=O) groups excluding carboxylic acids is 2. The van der Waals surface area contributed by atoms with Crippen LogP contribution >= 0.6 is 11.6 Å². The molecule has 2 amide bonds. The fourth-order valence-corrected chi connectivity index (χ4v) is 2.60. The van der Waals surface area contributed by atoms with E-state index in [2.05, 4.69) is 10.6 Å². The molecule has 0 aliphatic carbocycles. The van der Waals surface area contributed by atoms with Crippen molar-refractivity contribution in [3.05, 3.63) is 58.6 Å². The number of rotatable bonds is 7. The highest BCUT2D eigenvalue weighted by Gasteiger charge is 2.15. The number of hydrogen-bond donors (Lipinski definition) is 2. The third-order valence-electron chi connectivity index (χ3n) is 3.80. The molecule has 27 heavy (non-hydrogen) atoms. The first-order valence-electron chi connectivity index (χ1n) is 8.31. The lowest BCUT2D eigenvalue weighted by Gasteiger charge is -2.20. The Kier molecular flexibility index (Phi) is 7.27. The molecule has 0 bridgehead atoms. The molecule has 0 saturated heterocycles. The van der Waals surface area contributed by atoms with Gasteiger partial charge in [-0.3, -0.25) is 14.5 Å². The van der Waals surface area contributed by atoms with E-state index in [-0.39, 0.29) is 24.7 Å². The van der Waals surface area contributed by atoms with Crippen LogP contribution in [0.5, 0.6) is 0 Å². The summed E-state index contributed by atoms with van der Waals surface area (Å²) in [7, 11) is 0. The van der Waals surface area contributed by atoms with E-state index < -0.39 is 17.5 Å². The summed E-state index contributed by atoms with van der Waals surface area (Å²) < 4.78 is 26.4. The minimum atomic E-state index is -0.783. The SMILES string of the molecule is CCN(CC(=O)Nc1cc(F)cc(F)c1)CC(=O)Nc1cc(Cl)ccc1C. The summed E-state index contributed by atoms with van der Waals surface area (Å²) >= 11 is 5.93. The van der Waals surface area contributed by atoms with Gasteiger partial charge in [0.15, 0.2) is 0 Å². The number of amides is 2. The van der Waals surface area contributed by atoms with E-state index in [1.54, 1.807) is 30.0 Å². The molecule has 0 radical (unpaired) electrons. The molecule has 0 aliphatic rings. The van der Waals surface area contributed by atoms with Crippen LogP contribution in [0.15, 0.2) is 36.4 Å². The first-order valence-corrected chi connectivity index (χ1v) is 8.69. The van der Waals surface area contributed by atoms with Crippen LogP contribution in [0, 0.1) is 18.6 Å². The Morgan fingerprint density at radius 3 is 2.19 bits per heavy atom. The third kappa shape index (κ3) is 6.62. The predicted molar refractivity (Wildman–Crippen MR) is 102 cm³/mol. The van der Waals surface area contributed by atoms with E-state index in [0.717, 1.165) is 23.8 Å². The molecule has 144 valence electrons. The Balaban J connectivity index is 1.93. The standard InChI is InChI=1S/C19H20ClF2N3O2/c1-3-25(10-18(26)23-16-8-14(21)7-15(22)9-16)11-19(27)24-17-6-13(20)5-4-12(17)2/h4-9H,3,10-11H2,1-2H3,(H,23,26)(H,24,27). The highest BCUT2D eigenvalue weighted by Crippen LogP contribution is 2.20. The molecule has 0 aliphatic heterocycles. The molecule has 0 unspecified atom stereocenters. The van der Waals surface area contributed by atoms with Gasteiger partial charge in [-0.1, -0.05) is 24.6 Å². The Hall–Kier alpha value is -2.51. The number of nitrogens with zero attached hydrogens (tertiary/aromatic N) is 1. The number of hydrogen-bond acceptors (Lipinski definition) is 3. The quantitative estimate of drug-likeness (QED) is 0.749. The minimum Gasteiger partial charge on any atom is -0.325 e. The summed E-state index contributed by atoms with van der Waals surface area (Å²) in [4.78, 5) is 25.9.